The second kappa shape index (κ2) is 7.39. The van der Waals surface area contributed by atoms with Crippen molar-refractivity contribution >= 4 is 5.69 Å². The van der Waals surface area contributed by atoms with Crippen LogP contribution in [-0.4, -0.2) is 31.3 Å². The molecule has 2 N–H and O–H groups in total. The standard InChI is InChI=1S/C15H24N2O/c18-12-6-2-1-5-10-17-11-9-16-13-14-7-3-4-8-15(14)17/h3-4,7-8,16,18H,1-2,5-6,9-13H2. The Hall–Kier alpha value is -1.06. The van der Waals surface area contributed by atoms with Crippen LogP contribution in [0.15, 0.2) is 24.3 Å². The number of hydrogen-bond acceptors (Lipinski definition) is 3. The average Bonchev–Trinajstić information content (AvgIpc) is 2.61. The number of rotatable bonds is 6. The summed E-state index contributed by atoms with van der Waals surface area (Å²) in [6.07, 6.45) is 4.52. The summed E-state index contributed by atoms with van der Waals surface area (Å²) in [5.41, 5.74) is 2.80. The summed E-state index contributed by atoms with van der Waals surface area (Å²) in [6, 6.07) is 8.69. The fourth-order valence-electron chi connectivity index (χ4n) is 2.53. The summed E-state index contributed by atoms with van der Waals surface area (Å²) < 4.78 is 0. The quantitative estimate of drug-likeness (QED) is 0.757. The average molecular weight is 248 g/mol. The number of para-hydroxylation sites is 1. The van der Waals surface area contributed by atoms with E-state index in [1.807, 2.05) is 0 Å². The van der Waals surface area contributed by atoms with E-state index in [2.05, 4.69) is 34.5 Å². The molecule has 0 spiro atoms. The van der Waals surface area contributed by atoms with E-state index < -0.39 is 0 Å². The lowest BCUT2D eigenvalue weighted by molar-refractivity contribution is 0.282. The SMILES string of the molecule is OCCCCCCN1CCNCc2ccccc21. The second-order valence-corrected chi connectivity index (χ2v) is 4.93. The molecule has 0 fully saturated rings. The number of anilines is 1. The largest absolute Gasteiger partial charge is 0.396 e. The van der Waals surface area contributed by atoms with Crippen molar-refractivity contribution in [2.45, 2.75) is 32.2 Å². The Kier molecular flexibility index (Phi) is 5.49. The molecule has 2 rings (SSSR count). The van der Waals surface area contributed by atoms with Gasteiger partial charge in [-0.2, -0.15) is 0 Å². The van der Waals surface area contributed by atoms with Crippen molar-refractivity contribution < 1.29 is 5.11 Å². The van der Waals surface area contributed by atoms with E-state index in [1.165, 1.54) is 24.1 Å². The van der Waals surface area contributed by atoms with Crippen molar-refractivity contribution in [2.24, 2.45) is 0 Å². The van der Waals surface area contributed by atoms with Crippen LogP contribution < -0.4 is 10.2 Å². The summed E-state index contributed by atoms with van der Waals surface area (Å²) in [7, 11) is 0. The van der Waals surface area contributed by atoms with Gasteiger partial charge < -0.3 is 15.3 Å². The van der Waals surface area contributed by atoms with Crippen LogP contribution in [0.4, 0.5) is 5.69 Å². The number of unbranched alkanes of at least 4 members (excludes halogenated alkanes) is 3. The van der Waals surface area contributed by atoms with Gasteiger partial charge in [0.1, 0.15) is 0 Å². The molecule has 0 amide bonds. The van der Waals surface area contributed by atoms with E-state index in [1.54, 1.807) is 0 Å². The Morgan fingerprint density at radius 2 is 1.94 bits per heavy atom. The number of aliphatic hydroxyl groups excluding tert-OH is 1. The van der Waals surface area contributed by atoms with Gasteiger partial charge in [-0.05, 0) is 24.5 Å². The number of benzene rings is 1. The minimum Gasteiger partial charge on any atom is -0.396 e. The van der Waals surface area contributed by atoms with Crippen LogP contribution in [0.3, 0.4) is 0 Å². The van der Waals surface area contributed by atoms with E-state index in [0.29, 0.717) is 6.61 Å². The van der Waals surface area contributed by atoms with Gasteiger partial charge in [0, 0.05) is 38.5 Å². The molecule has 18 heavy (non-hydrogen) atoms. The molecule has 0 atom stereocenters. The lowest BCUT2D eigenvalue weighted by Gasteiger charge is -2.24. The lowest BCUT2D eigenvalue weighted by Crippen LogP contribution is -2.29. The number of fused-ring (bicyclic) bond motifs is 1. The third kappa shape index (κ3) is 3.72. The Morgan fingerprint density at radius 3 is 2.83 bits per heavy atom. The molecule has 0 radical (unpaired) electrons. The third-order valence-electron chi connectivity index (χ3n) is 3.54. The molecule has 0 saturated carbocycles. The maximum atomic E-state index is 8.76. The van der Waals surface area contributed by atoms with Crippen molar-refractivity contribution in [3.63, 3.8) is 0 Å². The van der Waals surface area contributed by atoms with E-state index in [0.717, 1.165) is 39.0 Å². The number of nitrogens with one attached hydrogen (secondary N) is 1. The van der Waals surface area contributed by atoms with Crippen molar-refractivity contribution in [3.8, 4) is 0 Å². The predicted molar refractivity (Wildman–Crippen MR) is 75.9 cm³/mol. The smallest absolute Gasteiger partial charge is 0.0431 e. The van der Waals surface area contributed by atoms with Gasteiger partial charge >= 0.3 is 0 Å². The molecule has 1 heterocycles. The van der Waals surface area contributed by atoms with Gasteiger partial charge in [0.2, 0.25) is 0 Å². The first kappa shape index (κ1) is 13.4. The van der Waals surface area contributed by atoms with E-state index in [-0.39, 0.29) is 0 Å². The van der Waals surface area contributed by atoms with Crippen LogP contribution >= 0.6 is 0 Å². The van der Waals surface area contributed by atoms with E-state index >= 15 is 0 Å². The zero-order chi connectivity index (χ0) is 12.6. The normalized spacial score (nSPS) is 15.3. The molecule has 0 saturated heterocycles. The maximum absolute atomic E-state index is 8.76. The molecule has 0 aromatic heterocycles. The number of hydrogen-bond donors (Lipinski definition) is 2. The minimum atomic E-state index is 0.330. The van der Waals surface area contributed by atoms with Crippen LogP contribution in [0.1, 0.15) is 31.2 Å². The van der Waals surface area contributed by atoms with Crippen LogP contribution in [0.5, 0.6) is 0 Å². The van der Waals surface area contributed by atoms with E-state index in [4.69, 9.17) is 5.11 Å². The number of nitrogens with zero attached hydrogens (tertiary/aromatic N) is 1. The summed E-state index contributed by atoms with van der Waals surface area (Å²) >= 11 is 0. The highest BCUT2D eigenvalue weighted by atomic mass is 16.2. The van der Waals surface area contributed by atoms with Crippen LogP contribution in [0.2, 0.25) is 0 Å². The fourth-order valence-corrected chi connectivity index (χ4v) is 2.53. The molecule has 1 aliphatic heterocycles. The van der Waals surface area contributed by atoms with Gasteiger partial charge in [-0.1, -0.05) is 31.0 Å². The molecule has 1 aromatic rings. The van der Waals surface area contributed by atoms with Crippen LogP contribution in [0.25, 0.3) is 0 Å². The maximum Gasteiger partial charge on any atom is 0.0431 e. The van der Waals surface area contributed by atoms with Crippen molar-refractivity contribution in [3.05, 3.63) is 29.8 Å². The number of aliphatic hydroxyl groups is 1. The van der Waals surface area contributed by atoms with Gasteiger partial charge in [-0.3, -0.25) is 0 Å². The predicted octanol–water partition coefficient (Wildman–Crippen LogP) is 2.15. The highest BCUT2D eigenvalue weighted by Gasteiger charge is 2.13. The highest BCUT2D eigenvalue weighted by molar-refractivity contribution is 5.54. The lowest BCUT2D eigenvalue weighted by atomic mass is 10.1. The molecule has 0 unspecified atom stereocenters. The Bertz CT molecular complexity index is 354. The summed E-state index contributed by atoms with van der Waals surface area (Å²) in [5.74, 6) is 0. The summed E-state index contributed by atoms with van der Waals surface area (Å²) in [4.78, 5) is 2.49. The molecule has 1 aliphatic rings. The van der Waals surface area contributed by atoms with Crippen molar-refractivity contribution in [2.75, 3.05) is 31.1 Å². The monoisotopic (exact) mass is 248 g/mol. The first-order valence-corrected chi connectivity index (χ1v) is 7.06. The first-order chi connectivity index (χ1) is 8.92. The fraction of sp³-hybridized carbons (Fsp3) is 0.600. The van der Waals surface area contributed by atoms with E-state index in [9.17, 15) is 0 Å². The molecule has 3 heteroatoms. The summed E-state index contributed by atoms with van der Waals surface area (Å²) in [6.45, 7) is 4.60. The third-order valence-corrected chi connectivity index (χ3v) is 3.54. The van der Waals surface area contributed by atoms with Crippen molar-refractivity contribution in [1.29, 1.82) is 0 Å². The molecule has 0 bridgehead atoms. The molecular weight excluding hydrogens is 224 g/mol. The molecule has 1 aromatic carbocycles. The topological polar surface area (TPSA) is 35.5 Å². The Morgan fingerprint density at radius 1 is 1.11 bits per heavy atom. The first-order valence-electron chi connectivity index (χ1n) is 7.06. The van der Waals surface area contributed by atoms with Crippen LogP contribution in [0, 0.1) is 0 Å². The van der Waals surface area contributed by atoms with Gasteiger partial charge in [0.05, 0.1) is 0 Å². The van der Waals surface area contributed by atoms with Gasteiger partial charge in [0.15, 0.2) is 0 Å². The van der Waals surface area contributed by atoms with Gasteiger partial charge in [-0.25, -0.2) is 0 Å². The van der Waals surface area contributed by atoms with Gasteiger partial charge in [0.25, 0.3) is 0 Å². The Labute approximate surface area is 110 Å². The zero-order valence-corrected chi connectivity index (χ0v) is 11.1. The highest BCUT2D eigenvalue weighted by Crippen LogP contribution is 2.22. The summed E-state index contributed by atoms with van der Waals surface area (Å²) in [5, 5.41) is 12.2. The van der Waals surface area contributed by atoms with Crippen molar-refractivity contribution in [1.82, 2.24) is 5.32 Å². The molecule has 100 valence electrons. The van der Waals surface area contributed by atoms with Crippen LogP contribution in [-0.2, 0) is 6.54 Å². The zero-order valence-electron chi connectivity index (χ0n) is 11.1. The Balaban J connectivity index is 1.88. The molecule has 0 aliphatic carbocycles. The van der Waals surface area contributed by atoms with Gasteiger partial charge in [-0.15, -0.1) is 0 Å². The minimum absolute atomic E-state index is 0.330. The molecular formula is C15H24N2O. The molecule has 3 nitrogen and oxygen atoms in total. The second-order valence-electron chi connectivity index (χ2n) is 4.93.